The second-order valence-corrected chi connectivity index (χ2v) is 12.6. The van der Waals surface area contributed by atoms with E-state index in [9.17, 15) is 0 Å². The van der Waals surface area contributed by atoms with Crippen molar-refractivity contribution in [2.24, 2.45) is 5.92 Å². The number of hydrogen-bond donors (Lipinski definition) is 5. The van der Waals surface area contributed by atoms with Crippen molar-refractivity contribution < 1.29 is 49.1 Å². The largest absolute Gasteiger partial charge is 0.487 e. The number of carbonyl (C=O) groups is 4. The fraction of sp³-hybridized carbons (Fsp3) is 0.405. The number of carboxylic acid groups (broad SMARTS) is 4. The summed E-state index contributed by atoms with van der Waals surface area (Å²) in [6.07, 6.45) is 4.34. The first-order valence-corrected chi connectivity index (χ1v) is 16.1. The fourth-order valence-corrected chi connectivity index (χ4v) is 6.00. The van der Waals surface area contributed by atoms with Gasteiger partial charge in [-0.1, -0.05) is 60.7 Å². The lowest BCUT2D eigenvalue weighted by molar-refractivity contribution is -0.159. The molecule has 264 valence electrons. The zero-order chi connectivity index (χ0) is 36.3. The number of rotatable bonds is 8. The number of hydrogen-bond acceptors (Lipinski definition) is 8. The number of fused-ring (bicyclic) bond motifs is 1. The van der Waals surface area contributed by atoms with Crippen LogP contribution < -0.4 is 10.5 Å². The summed E-state index contributed by atoms with van der Waals surface area (Å²) in [5.41, 5.74) is 14.5. The Kier molecular flexibility index (Phi) is 13.7. The van der Waals surface area contributed by atoms with E-state index in [1.54, 1.807) is 0 Å². The Morgan fingerprint density at radius 3 is 1.73 bits per heavy atom. The second kappa shape index (κ2) is 17.5. The van der Waals surface area contributed by atoms with Crippen LogP contribution in [0.5, 0.6) is 5.75 Å². The van der Waals surface area contributed by atoms with E-state index in [2.05, 4.69) is 93.3 Å². The molecule has 12 heteroatoms. The Morgan fingerprint density at radius 1 is 0.816 bits per heavy atom. The third-order valence-electron chi connectivity index (χ3n) is 9.07. The van der Waals surface area contributed by atoms with Gasteiger partial charge in [-0.3, -0.25) is 0 Å². The van der Waals surface area contributed by atoms with E-state index >= 15 is 0 Å². The van der Waals surface area contributed by atoms with Crippen LogP contribution in [0.1, 0.15) is 65.7 Å². The van der Waals surface area contributed by atoms with Crippen LogP contribution in [0, 0.1) is 26.7 Å². The topological polar surface area (TPSA) is 197 Å². The third kappa shape index (κ3) is 10.8. The van der Waals surface area contributed by atoms with Crippen LogP contribution in [0.15, 0.2) is 60.7 Å². The molecule has 0 radical (unpaired) electrons. The molecule has 2 heterocycles. The molecule has 2 aliphatic heterocycles. The van der Waals surface area contributed by atoms with Gasteiger partial charge in [0.1, 0.15) is 17.5 Å². The molecule has 1 atom stereocenters. The summed E-state index contributed by atoms with van der Waals surface area (Å²) in [5.74, 6) is -5.62. The van der Waals surface area contributed by atoms with Gasteiger partial charge < -0.3 is 40.5 Å². The van der Waals surface area contributed by atoms with Gasteiger partial charge >= 0.3 is 23.9 Å². The Morgan fingerprint density at radius 2 is 1.29 bits per heavy atom. The molecule has 0 bridgehead atoms. The first-order valence-electron chi connectivity index (χ1n) is 16.1. The van der Waals surface area contributed by atoms with Gasteiger partial charge in [0.05, 0.1) is 6.61 Å². The number of likely N-dealkylation sites (tertiary alicyclic amines) is 1. The number of nitrogen functional groups attached to an aromatic ring is 1. The predicted octanol–water partition coefficient (Wildman–Crippen LogP) is 5.11. The smallest absolute Gasteiger partial charge is 0.414 e. The van der Waals surface area contributed by atoms with E-state index < -0.39 is 23.9 Å². The molecule has 3 aromatic carbocycles. The van der Waals surface area contributed by atoms with Crippen molar-refractivity contribution >= 4 is 29.6 Å². The lowest BCUT2D eigenvalue weighted by Gasteiger charge is -2.34. The van der Waals surface area contributed by atoms with Gasteiger partial charge in [-0.25, -0.2) is 19.2 Å². The zero-order valence-corrected chi connectivity index (χ0v) is 28.3. The van der Waals surface area contributed by atoms with Crippen molar-refractivity contribution in [2.45, 2.75) is 65.1 Å². The predicted molar refractivity (Wildman–Crippen MR) is 183 cm³/mol. The molecule has 0 aliphatic carbocycles. The summed E-state index contributed by atoms with van der Waals surface area (Å²) >= 11 is 0. The normalized spacial score (nSPS) is 17.1. The van der Waals surface area contributed by atoms with E-state index in [1.807, 2.05) is 0 Å². The van der Waals surface area contributed by atoms with Crippen LogP contribution in [0.4, 0.5) is 5.69 Å². The molecule has 2 aliphatic rings. The SMILES string of the molecule is Cc1c(C)c2c(c(C)c1N)CC(C)(CCN1CCC(COC(c3ccccc3)c3ccccc3)CC1)O2.O=C(O)C(=O)O.O=C(O)C(=O)O. The van der Waals surface area contributed by atoms with Gasteiger partial charge in [0.25, 0.3) is 0 Å². The fourth-order valence-electron chi connectivity index (χ4n) is 6.00. The van der Waals surface area contributed by atoms with Gasteiger partial charge in [-0.15, -0.1) is 0 Å². The summed E-state index contributed by atoms with van der Waals surface area (Å²) in [4.78, 5) is 39.0. The number of carboxylic acids is 4. The maximum absolute atomic E-state index is 9.10. The highest BCUT2D eigenvalue weighted by atomic mass is 16.5. The van der Waals surface area contributed by atoms with Crippen molar-refractivity contribution in [1.29, 1.82) is 0 Å². The minimum Gasteiger partial charge on any atom is -0.487 e. The summed E-state index contributed by atoms with van der Waals surface area (Å²) in [6, 6.07) is 21.2. The van der Waals surface area contributed by atoms with Crippen molar-refractivity contribution in [1.82, 2.24) is 4.90 Å². The Hall–Kier alpha value is -4.94. The highest BCUT2D eigenvalue weighted by Gasteiger charge is 2.38. The maximum Gasteiger partial charge on any atom is 0.414 e. The molecule has 12 nitrogen and oxygen atoms in total. The molecule has 1 unspecified atom stereocenters. The average Bonchev–Trinajstić information content (AvgIpc) is 3.45. The summed E-state index contributed by atoms with van der Waals surface area (Å²) in [5, 5.41) is 29.6. The number of aliphatic carboxylic acids is 4. The number of ether oxygens (including phenoxy) is 2. The van der Waals surface area contributed by atoms with Crippen LogP contribution in [0.25, 0.3) is 0 Å². The number of piperidine rings is 1. The van der Waals surface area contributed by atoms with Gasteiger partial charge in [0.15, 0.2) is 0 Å². The van der Waals surface area contributed by atoms with Crippen LogP contribution in [-0.2, 0) is 30.3 Å². The average molecular weight is 679 g/mol. The van der Waals surface area contributed by atoms with Crippen LogP contribution in [0.3, 0.4) is 0 Å². The van der Waals surface area contributed by atoms with Gasteiger partial charge in [-0.2, -0.15) is 0 Å². The van der Waals surface area contributed by atoms with Crippen molar-refractivity contribution in [3.8, 4) is 5.75 Å². The highest BCUT2D eigenvalue weighted by Crippen LogP contribution is 2.44. The minimum absolute atomic E-state index is 0.00823. The first-order chi connectivity index (χ1) is 23.1. The van der Waals surface area contributed by atoms with Gasteiger partial charge in [0, 0.05) is 24.2 Å². The maximum atomic E-state index is 9.10. The number of anilines is 1. The van der Waals surface area contributed by atoms with E-state index in [-0.39, 0.29) is 11.7 Å². The lowest BCUT2D eigenvalue weighted by atomic mass is 9.90. The lowest BCUT2D eigenvalue weighted by Crippen LogP contribution is -2.40. The van der Waals surface area contributed by atoms with Crippen molar-refractivity contribution in [2.75, 3.05) is 32.0 Å². The van der Waals surface area contributed by atoms with E-state index in [0.717, 1.165) is 56.1 Å². The standard InChI is InChI=1S/C33H42N2O2.2C2H2O4/c1-23-24(2)31-29(25(3)30(23)34)21-33(4,37-31)17-20-35-18-15-26(16-19-35)22-36-32(27-11-7-5-8-12-27)28-13-9-6-10-14-28;2*3-1(4)2(5)6/h5-14,26,32H,15-22,34H2,1-4H3;2*(H,3,4)(H,5,6). The number of benzene rings is 3. The molecule has 1 fully saturated rings. The van der Waals surface area contributed by atoms with Crippen LogP contribution >= 0.6 is 0 Å². The quantitative estimate of drug-likeness (QED) is 0.156. The molecule has 0 spiro atoms. The molecule has 0 amide bonds. The molecule has 1 saturated heterocycles. The van der Waals surface area contributed by atoms with E-state index in [1.165, 1.54) is 40.7 Å². The molecule has 49 heavy (non-hydrogen) atoms. The number of nitrogens with two attached hydrogens (primary N) is 1. The second-order valence-electron chi connectivity index (χ2n) is 12.6. The highest BCUT2D eigenvalue weighted by molar-refractivity contribution is 6.27. The Bertz CT molecular complexity index is 1480. The van der Waals surface area contributed by atoms with Crippen molar-refractivity contribution in [3.05, 3.63) is 94.0 Å². The molecular weight excluding hydrogens is 632 g/mol. The monoisotopic (exact) mass is 678 g/mol. The molecular formula is C37H46N2O10. The molecule has 0 aromatic heterocycles. The van der Waals surface area contributed by atoms with Gasteiger partial charge in [-0.05, 0) is 93.8 Å². The molecule has 3 aromatic rings. The third-order valence-corrected chi connectivity index (χ3v) is 9.07. The number of nitrogens with zero attached hydrogens (tertiary/aromatic N) is 1. The van der Waals surface area contributed by atoms with Crippen molar-refractivity contribution in [3.63, 3.8) is 0 Å². The molecule has 0 saturated carbocycles. The Balaban J connectivity index is 0.000000465. The minimum atomic E-state index is -1.82. The molecule has 5 rings (SSSR count). The van der Waals surface area contributed by atoms with E-state index in [0.29, 0.717) is 5.92 Å². The van der Waals surface area contributed by atoms with Gasteiger partial charge in [0.2, 0.25) is 0 Å². The van der Waals surface area contributed by atoms with Crippen LogP contribution in [0.2, 0.25) is 0 Å². The molecule has 6 N–H and O–H groups in total. The summed E-state index contributed by atoms with van der Waals surface area (Å²) in [7, 11) is 0. The first kappa shape index (κ1) is 38.5. The zero-order valence-electron chi connectivity index (χ0n) is 28.3. The summed E-state index contributed by atoms with van der Waals surface area (Å²) in [6.45, 7) is 12.8. The van der Waals surface area contributed by atoms with E-state index in [4.69, 9.17) is 54.8 Å². The summed E-state index contributed by atoms with van der Waals surface area (Å²) < 4.78 is 13.2. The Labute approximate surface area is 286 Å². The van der Waals surface area contributed by atoms with Crippen LogP contribution in [-0.4, -0.2) is 81.0 Å².